The fourth-order valence-electron chi connectivity index (χ4n) is 0.779. The van der Waals surface area contributed by atoms with Crippen molar-refractivity contribution in [2.24, 2.45) is 0 Å². The minimum atomic E-state index is -4.66. The molecule has 0 fully saturated rings. The molecule has 0 aromatic heterocycles. The Morgan fingerprint density at radius 2 is 2.18 bits per heavy atom. The maximum absolute atomic E-state index is 11.7. The fourth-order valence-corrected chi connectivity index (χ4v) is 1.76. The van der Waals surface area contributed by atoms with E-state index in [4.69, 9.17) is 0 Å². The second-order valence-corrected chi connectivity index (χ2v) is 3.37. The zero-order valence-corrected chi connectivity index (χ0v) is 6.32. The maximum Gasteiger partial charge on any atom is 0.455 e. The first-order valence-electron chi connectivity index (χ1n) is 2.98. The van der Waals surface area contributed by atoms with Gasteiger partial charge < -0.3 is 0 Å². The van der Waals surface area contributed by atoms with E-state index in [2.05, 4.69) is 0 Å². The van der Waals surface area contributed by atoms with Gasteiger partial charge in [0.15, 0.2) is 5.25 Å². The lowest BCUT2D eigenvalue weighted by molar-refractivity contribution is -0.170. The Morgan fingerprint density at radius 3 is 2.55 bits per heavy atom. The van der Waals surface area contributed by atoms with Gasteiger partial charge >= 0.3 is 6.18 Å². The van der Waals surface area contributed by atoms with Crippen molar-refractivity contribution in [3.8, 4) is 0 Å². The first-order valence-corrected chi connectivity index (χ1v) is 4.01. The molecule has 0 N–H and O–H groups in total. The molecule has 1 atom stereocenters. The highest BCUT2D eigenvalue weighted by molar-refractivity contribution is 7.83. The lowest BCUT2D eigenvalue weighted by atomic mass is 10.2. The number of alkyl halides is 3. The van der Waals surface area contributed by atoms with Gasteiger partial charge in [-0.25, -0.2) is 0 Å². The third-order valence-corrected chi connectivity index (χ3v) is 2.50. The van der Waals surface area contributed by atoms with E-state index >= 15 is 0 Å². The van der Waals surface area contributed by atoms with Crippen LogP contribution in [0.4, 0.5) is 13.2 Å². The number of thiol groups is 1. The summed E-state index contributed by atoms with van der Waals surface area (Å²) in [6.45, 7) is 0. The van der Waals surface area contributed by atoms with E-state index in [1.165, 1.54) is 0 Å². The Balaban J connectivity index is 2.55. The lowest BCUT2D eigenvalue weighted by Crippen LogP contribution is -2.33. The largest absolute Gasteiger partial charge is 0.455 e. The molecule has 1 heterocycles. The number of rotatable bonds is 1. The van der Waals surface area contributed by atoms with Crippen molar-refractivity contribution in [1.29, 1.82) is 0 Å². The Morgan fingerprint density at radius 1 is 1.55 bits per heavy atom. The topological polar surface area (TPSA) is 17.1 Å². The fraction of sp³-hybridized carbons (Fsp3) is 0.500. The number of halogens is 3. The average Bonchev–Trinajstić information content (AvgIpc) is 2.34. The van der Waals surface area contributed by atoms with Gasteiger partial charge in [0.05, 0.1) is 0 Å². The summed E-state index contributed by atoms with van der Waals surface area (Å²) in [5.41, 5.74) is 0. The van der Waals surface area contributed by atoms with Crippen LogP contribution in [0.3, 0.4) is 0 Å². The predicted molar refractivity (Wildman–Crippen MR) is 37.4 cm³/mol. The van der Waals surface area contributed by atoms with E-state index in [1.807, 2.05) is 0 Å². The molecule has 0 bridgehead atoms. The SMILES string of the molecule is O=C(C1CC=C[SH+]1)C(F)(F)F. The van der Waals surface area contributed by atoms with Gasteiger partial charge in [0, 0.05) is 18.2 Å². The molecule has 0 saturated heterocycles. The zero-order chi connectivity index (χ0) is 8.48. The summed E-state index contributed by atoms with van der Waals surface area (Å²) < 4.78 is 35.2. The molecule has 0 amide bonds. The third-order valence-electron chi connectivity index (χ3n) is 1.31. The molecule has 1 aliphatic rings. The highest BCUT2D eigenvalue weighted by Crippen LogP contribution is 2.23. The lowest BCUT2D eigenvalue weighted by Gasteiger charge is -2.04. The van der Waals surface area contributed by atoms with E-state index < -0.39 is 17.2 Å². The summed E-state index contributed by atoms with van der Waals surface area (Å²) in [6.07, 6.45) is -2.85. The number of carbonyl (C=O) groups is 1. The molecular weight excluding hydrogens is 177 g/mol. The molecule has 0 aliphatic carbocycles. The molecule has 0 saturated carbocycles. The van der Waals surface area contributed by atoms with Gasteiger partial charge in [0.1, 0.15) is 5.41 Å². The van der Waals surface area contributed by atoms with Gasteiger partial charge in [-0.1, -0.05) is 0 Å². The molecule has 5 heteroatoms. The normalized spacial score (nSPS) is 24.1. The van der Waals surface area contributed by atoms with Crippen LogP contribution in [0.2, 0.25) is 0 Å². The number of ketones is 1. The first-order chi connectivity index (χ1) is 5.02. The average molecular weight is 183 g/mol. The van der Waals surface area contributed by atoms with Gasteiger partial charge in [-0.2, -0.15) is 13.2 Å². The molecule has 1 unspecified atom stereocenters. The molecule has 11 heavy (non-hydrogen) atoms. The van der Waals surface area contributed by atoms with Crippen LogP contribution in [0.5, 0.6) is 0 Å². The summed E-state index contributed by atoms with van der Waals surface area (Å²) in [6, 6.07) is 0. The summed E-state index contributed by atoms with van der Waals surface area (Å²) in [7, 11) is 0. The van der Waals surface area contributed by atoms with Crippen LogP contribution in [-0.4, -0.2) is 17.2 Å². The van der Waals surface area contributed by atoms with Crippen LogP contribution < -0.4 is 0 Å². The van der Waals surface area contributed by atoms with Crippen LogP contribution in [0.1, 0.15) is 6.42 Å². The molecule has 1 aliphatic heterocycles. The molecule has 0 aromatic rings. The van der Waals surface area contributed by atoms with E-state index in [1.54, 1.807) is 11.5 Å². The van der Waals surface area contributed by atoms with Gasteiger partial charge in [0.2, 0.25) is 0 Å². The van der Waals surface area contributed by atoms with E-state index in [9.17, 15) is 18.0 Å². The quantitative estimate of drug-likeness (QED) is 0.441. The third kappa shape index (κ3) is 1.99. The maximum atomic E-state index is 11.7. The molecule has 0 spiro atoms. The van der Waals surface area contributed by atoms with Crippen molar-refractivity contribution in [2.45, 2.75) is 17.8 Å². The highest BCUT2D eigenvalue weighted by Gasteiger charge is 2.47. The summed E-state index contributed by atoms with van der Waals surface area (Å²) in [5, 5.41) is 0.698. The summed E-state index contributed by atoms with van der Waals surface area (Å²) in [4.78, 5) is 10.5. The van der Waals surface area contributed by atoms with Crippen molar-refractivity contribution < 1.29 is 18.0 Å². The molecule has 62 valence electrons. The zero-order valence-electron chi connectivity index (χ0n) is 5.43. The molecule has 1 nitrogen and oxygen atoms in total. The van der Waals surface area contributed by atoms with Gasteiger partial charge in [-0.15, -0.1) is 0 Å². The predicted octanol–water partition coefficient (Wildman–Crippen LogP) is 1.22. The number of hydrogen-bond donors (Lipinski definition) is 0. The second-order valence-electron chi connectivity index (χ2n) is 2.15. The Kier molecular flexibility index (Phi) is 2.27. The number of carbonyl (C=O) groups excluding carboxylic acids is 1. The van der Waals surface area contributed by atoms with Crippen molar-refractivity contribution in [3.63, 3.8) is 0 Å². The molecular formula is C6H6F3OS+. The van der Waals surface area contributed by atoms with E-state index in [-0.39, 0.29) is 6.42 Å². The first kappa shape index (κ1) is 8.64. The Hall–Kier alpha value is -0.450. The van der Waals surface area contributed by atoms with Crippen LogP contribution >= 0.6 is 0 Å². The minimum Gasteiger partial charge on any atom is -0.284 e. The Labute approximate surface area is 65.6 Å². The monoisotopic (exact) mass is 183 g/mol. The molecule has 0 aromatic carbocycles. The number of hydrogen-bond acceptors (Lipinski definition) is 1. The standard InChI is InChI=1S/C6H5F3OS/c7-6(8,9)5(10)4-2-1-3-11-4/h1,3-4H,2H2/p+1. The van der Waals surface area contributed by atoms with Crippen LogP contribution in [0.15, 0.2) is 11.5 Å². The van der Waals surface area contributed by atoms with Crippen molar-refractivity contribution in [3.05, 3.63) is 11.5 Å². The van der Waals surface area contributed by atoms with Crippen LogP contribution in [0.25, 0.3) is 0 Å². The number of allylic oxidation sites excluding steroid dienone is 1. The number of Topliss-reactive ketones (excluding diaryl/α,β-unsaturated/α-hetero) is 1. The van der Waals surface area contributed by atoms with E-state index in [0.29, 0.717) is 11.8 Å². The van der Waals surface area contributed by atoms with Gasteiger partial charge in [-0.3, -0.25) is 4.79 Å². The second kappa shape index (κ2) is 2.89. The van der Waals surface area contributed by atoms with Crippen LogP contribution in [-0.2, 0) is 16.6 Å². The van der Waals surface area contributed by atoms with Gasteiger partial charge in [-0.05, 0) is 6.08 Å². The smallest absolute Gasteiger partial charge is 0.284 e. The van der Waals surface area contributed by atoms with Crippen LogP contribution in [0, 0.1) is 0 Å². The van der Waals surface area contributed by atoms with Crippen molar-refractivity contribution in [2.75, 3.05) is 0 Å². The van der Waals surface area contributed by atoms with E-state index in [0.717, 1.165) is 0 Å². The summed E-state index contributed by atoms with van der Waals surface area (Å²) >= 11 is 0.465. The van der Waals surface area contributed by atoms with Crippen molar-refractivity contribution >= 4 is 17.5 Å². The highest BCUT2D eigenvalue weighted by atomic mass is 32.2. The molecule has 0 radical (unpaired) electrons. The van der Waals surface area contributed by atoms with Crippen molar-refractivity contribution in [1.82, 2.24) is 0 Å². The van der Waals surface area contributed by atoms with Gasteiger partial charge in [0.25, 0.3) is 5.78 Å². The Bertz CT molecular complexity index is 188. The minimum absolute atomic E-state index is 0.222. The molecule has 1 rings (SSSR count). The summed E-state index contributed by atoms with van der Waals surface area (Å²) in [5.74, 6) is -1.61.